The molecule has 0 radical (unpaired) electrons. The van der Waals surface area contributed by atoms with Crippen molar-refractivity contribution in [2.45, 2.75) is 70.7 Å². The van der Waals surface area contributed by atoms with Crippen molar-refractivity contribution in [1.29, 1.82) is 0 Å². The molecule has 6 unspecified atom stereocenters. The molecule has 286 valence electrons. The van der Waals surface area contributed by atoms with Gasteiger partial charge in [-0.05, 0) is 59.2 Å². The summed E-state index contributed by atoms with van der Waals surface area (Å²) in [5.74, 6) is -1.22. The molecule has 53 heavy (non-hydrogen) atoms. The lowest BCUT2D eigenvalue weighted by Gasteiger charge is -2.38. The van der Waals surface area contributed by atoms with E-state index in [2.05, 4.69) is 15.7 Å². The van der Waals surface area contributed by atoms with Crippen molar-refractivity contribution in [2.75, 3.05) is 33.9 Å². The molecule has 2 fully saturated rings. The van der Waals surface area contributed by atoms with Crippen LogP contribution < -0.4 is 10.7 Å². The molecule has 2 aromatic carbocycles. The number of rotatable bonds is 13. The predicted molar refractivity (Wildman–Crippen MR) is 194 cm³/mol. The number of hydrogen-bond acceptors (Lipinski definition) is 10. The van der Waals surface area contributed by atoms with E-state index in [1.165, 1.54) is 42.3 Å². The third-order valence-electron chi connectivity index (χ3n) is 9.38. The Morgan fingerprint density at radius 3 is 2.55 bits per heavy atom. The molecule has 2 aliphatic heterocycles. The Labute approximate surface area is 313 Å². The Hall–Kier alpha value is -4.34. The van der Waals surface area contributed by atoms with Gasteiger partial charge < -0.3 is 29.4 Å². The predicted octanol–water partition coefficient (Wildman–Crippen LogP) is 4.95. The minimum absolute atomic E-state index is 0.117. The number of methoxy groups -OCH3 is 1. The average Bonchev–Trinajstić information content (AvgIpc) is 3.74. The van der Waals surface area contributed by atoms with Gasteiger partial charge in [-0.1, -0.05) is 62.7 Å². The quantitative estimate of drug-likeness (QED) is 0.205. The van der Waals surface area contributed by atoms with Gasteiger partial charge in [0.15, 0.2) is 6.29 Å². The van der Waals surface area contributed by atoms with Crippen LogP contribution in [0.3, 0.4) is 0 Å². The molecule has 13 nitrogen and oxygen atoms in total. The third kappa shape index (κ3) is 10.4. The maximum Gasteiger partial charge on any atom is 0.422 e. The van der Waals surface area contributed by atoms with E-state index < -0.39 is 59.9 Å². The van der Waals surface area contributed by atoms with Crippen LogP contribution in [0.25, 0.3) is 11.1 Å². The summed E-state index contributed by atoms with van der Waals surface area (Å²) in [6.45, 7) is 5.61. The van der Waals surface area contributed by atoms with Gasteiger partial charge >= 0.3 is 12.2 Å². The molecule has 3 amide bonds. The van der Waals surface area contributed by atoms with Crippen LogP contribution in [0.2, 0.25) is 5.02 Å². The second-order valence-corrected chi connectivity index (χ2v) is 14.8. The number of nitrogens with zero attached hydrogens (tertiary/aromatic N) is 3. The SMILES string of the molecule is COC(=O)N(C)C(C(=O)NC(Cc1ccc(-c2cccnc2)cc1)C(O)CN(Cc1cc(Cl)ccc1F)NC(=O)OC1COC2OCCC12)C(C)(C)C. The summed E-state index contributed by atoms with van der Waals surface area (Å²) in [6.07, 6.45) is 0.395. The number of nitrogens with one attached hydrogen (secondary N) is 2. The second kappa shape index (κ2) is 17.7. The number of carbonyl (C=O) groups is 3. The fraction of sp³-hybridized carbons (Fsp3) is 0.474. The fourth-order valence-electron chi connectivity index (χ4n) is 6.78. The summed E-state index contributed by atoms with van der Waals surface area (Å²) in [6, 6.07) is 13.5. The number of pyridine rings is 1. The lowest BCUT2D eigenvalue weighted by molar-refractivity contribution is -0.130. The van der Waals surface area contributed by atoms with Crippen molar-refractivity contribution in [1.82, 2.24) is 25.6 Å². The number of ether oxygens (including phenoxy) is 4. The number of halogens is 2. The zero-order chi connectivity index (χ0) is 38.3. The van der Waals surface area contributed by atoms with Crippen molar-refractivity contribution in [3.63, 3.8) is 0 Å². The number of benzene rings is 2. The van der Waals surface area contributed by atoms with Crippen LogP contribution in [0.4, 0.5) is 14.0 Å². The van der Waals surface area contributed by atoms with Crippen LogP contribution in [0, 0.1) is 17.2 Å². The van der Waals surface area contributed by atoms with Gasteiger partial charge in [0.1, 0.15) is 18.0 Å². The highest BCUT2D eigenvalue weighted by Crippen LogP contribution is 2.33. The van der Waals surface area contributed by atoms with Gasteiger partial charge in [0.2, 0.25) is 5.91 Å². The number of hydrogen-bond donors (Lipinski definition) is 3. The number of aliphatic hydroxyl groups excluding tert-OH is 1. The Balaban J connectivity index is 1.41. The van der Waals surface area contributed by atoms with Crippen LogP contribution in [0.1, 0.15) is 38.3 Å². The number of fused-ring (bicyclic) bond motifs is 1. The Bertz CT molecular complexity index is 1710. The van der Waals surface area contributed by atoms with Gasteiger partial charge in [0, 0.05) is 43.1 Å². The summed E-state index contributed by atoms with van der Waals surface area (Å²) in [5, 5.41) is 16.5. The number of hydrazine groups is 1. The summed E-state index contributed by atoms with van der Waals surface area (Å²) >= 11 is 6.19. The molecule has 15 heteroatoms. The van der Waals surface area contributed by atoms with Crippen molar-refractivity contribution < 1.29 is 42.8 Å². The van der Waals surface area contributed by atoms with E-state index in [0.29, 0.717) is 13.0 Å². The van der Waals surface area contributed by atoms with E-state index in [4.69, 9.17) is 30.5 Å². The van der Waals surface area contributed by atoms with E-state index in [0.717, 1.165) is 16.7 Å². The average molecular weight is 756 g/mol. The minimum Gasteiger partial charge on any atom is -0.453 e. The Morgan fingerprint density at radius 2 is 1.87 bits per heavy atom. The maximum absolute atomic E-state index is 15.0. The van der Waals surface area contributed by atoms with E-state index >= 15 is 0 Å². The molecule has 3 N–H and O–H groups in total. The highest BCUT2D eigenvalue weighted by molar-refractivity contribution is 6.30. The first-order chi connectivity index (χ1) is 25.2. The third-order valence-corrected chi connectivity index (χ3v) is 9.62. The fourth-order valence-corrected chi connectivity index (χ4v) is 6.97. The Kier molecular flexibility index (Phi) is 13.3. The number of amides is 3. The molecule has 0 bridgehead atoms. The topological polar surface area (TPSA) is 152 Å². The van der Waals surface area contributed by atoms with Gasteiger partial charge in [-0.2, -0.15) is 0 Å². The maximum atomic E-state index is 15.0. The number of aliphatic hydroxyl groups is 1. The summed E-state index contributed by atoms with van der Waals surface area (Å²) in [4.78, 5) is 45.3. The van der Waals surface area contributed by atoms with Gasteiger partial charge in [-0.25, -0.2) is 19.0 Å². The molecule has 3 heterocycles. The molecule has 6 atom stereocenters. The first-order valence-corrected chi connectivity index (χ1v) is 17.8. The van der Waals surface area contributed by atoms with Crippen LogP contribution in [-0.4, -0.2) is 103 Å². The van der Waals surface area contributed by atoms with Crippen LogP contribution >= 0.6 is 11.6 Å². The van der Waals surface area contributed by atoms with Crippen LogP contribution in [0.15, 0.2) is 67.0 Å². The van der Waals surface area contributed by atoms with E-state index in [1.54, 1.807) is 12.4 Å². The number of aromatic nitrogens is 1. The molecule has 0 spiro atoms. The van der Waals surface area contributed by atoms with Gasteiger partial charge in [-0.3, -0.25) is 20.1 Å². The molecule has 2 saturated heterocycles. The second-order valence-electron chi connectivity index (χ2n) is 14.4. The zero-order valence-corrected chi connectivity index (χ0v) is 31.2. The molecular weight excluding hydrogens is 709 g/mol. The van der Waals surface area contributed by atoms with Crippen LogP contribution in [0.5, 0.6) is 0 Å². The van der Waals surface area contributed by atoms with Crippen molar-refractivity contribution in [3.05, 3.63) is 89.0 Å². The highest BCUT2D eigenvalue weighted by Gasteiger charge is 2.44. The van der Waals surface area contributed by atoms with E-state index in [9.17, 15) is 23.9 Å². The standard InChI is InChI=1S/C38H47ClFN5O8/c1-38(2,3)33(44(4)37(49)50-5)34(47)42-30(17-23-8-10-24(11-9-23)25-7-6-15-41-19-25)31(46)21-45(20-26-18-27(39)12-13-29(26)40)43-36(48)53-32-22-52-35-28(32)14-16-51-35/h6-13,15,18-19,28,30-33,35,46H,14,16-17,20-22H2,1-5H3,(H,42,47)(H,43,48). The van der Waals surface area contributed by atoms with Crippen molar-refractivity contribution in [3.8, 4) is 11.1 Å². The van der Waals surface area contributed by atoms with E-state index in [1.807, 2.05) is 57.2 Å². The number of likely N-dealkylation sites (N-methyl/N-ethyl adjacent to an activating group) is 1. The molecule has 1 aromatic heterocycles. The monoisotopic (exact) mass is 755 g/mol. The van der Waals surface area contributed by atoms with Crippen molar-refractivity contribution >= 4 is 29.7 Å². The van der Waals surface area contributed by atoms with Crippen molar-refractivity contribution in [2.24, 2.45) is 11.3 Å². The van der Waals surface area contributed by atoms with Gasteiger partial charge in [-0.15, -0.1) is 0 Å². The lowest BCUT2D eigenvalue weighted by atomic mass is 9.85. The Morgan fingerprint density at radius 1 is 1.11 bits per heavy atom. The zero-order valence-electron chi connectivity index (χ0n) is 30.5. The van der Waals surface area contributed by atoms with Crippen LogP contribution in [-0.2, 0) is 36.7 Å². The van der Waals surface area contributed by atoms with E-state index in [-0.39, 0.29) is 42.6 Å². The molecule has 2 aliphatic rings. The van der Waals surface area contributed by atoms with Gasteiger partial charge in [0.05, 0.1) is 38.4 Å². The normalized spacial score (nSPS) is 19.9. The summed E-state index contributed by atoms with van der Waals surface area (Å²) in [5.41, 5.74) is 4.70. The largest absolute Gasteiger partial charge is 0.453 e. The number of carbonyl (C=O) groups excluding carboxylic acids is 3. The molecule has 5 rings (SSSR count). The lowest BCUT2D eigenvalue weighted by Crippen LogP contribution is -2.59. The molecule has 0 aliphatic carbocycles. The first kappa shape index (κ1) is 39.9. The summed E-state index contributed by atoms with van der Waals surface area (Å²) < 4.78 is 36.7. The minimum atomic E-state index is -1.34. The van der Waals surface area contributed by atoms with Gasteiger partial charge in [0.25, 0.3) is 0 Å². The molecule has 0 saturated carbocycles. The highest BCUT2D eigenvalue weighted by atomic mass is 35.5. The first-order valence-electron chi connectivity index (χ1n) is 17.4. The molecular formula is C38H47ClFN5O8. The summed E-state index contributed by atoms with van der Waals surface area (Å²) in [7, 11) is 2.70. The smallest absolute Gasteiger partial charge is 0.422 e. The molecule has 3 aromatic rings.